The second kappa shape index (κ2) is 6.16. The van der Waals surface area contributed by atoms with Gasteiger partial charge in [-0.2, -0.15) is 0 Å². The average Bonchev–Trinajstić information content (AvgIpc) is 2.48. The molecule has 1 fully saturated rings. The molecular formula is C16H21ClN4. The monoisotopic (exact) mass is 304 g/mol. The van der Waals surface area contributed by atoms with Crippen molar-refractivity contribution in [2.24, 2.45) is 5.92 Å². The minimum atomic E-state index is 0.483. The van der Waals surface area contributed by atoms with Gasteiger partial charge in [0.15, 0.2) is 11.0 Å². The average molecular weight is 305 g/mol. The lowest BCUT2D eigenvalue weighted by molar-refractivity contribution is 0.284. The number of anilines is 1. The maximum Gasteiger partial charge on any atom is 0.159 e. The van der Waals surface area contributed by atoms with Crippen LogP contribution in [0, 0.1) is 5.92 Å². The smallest absolute Gasteiger partial charge is 0.159 e. The predicted molar refractivity (Wildman–Crippen MR) is 88.0 cm³/mol. The van der Waals surface area contributed by atoms with Crippen LogP contribution in [0.25, 0.3) is 10.8 Å². The Morgan fingerprint density at radius 2 is 1.81 bits per heavy atom. The third-order valence-electron chi connectivity index (χ3n) is 4.16. The van der Waals surface area contributed by atoms with Gasteiger partial charge in [0.2, 0.25) is 0 Å². The Kier molecular flexibility index (Phi) is 4.27. The van der Waals surface area contributed by atoms with Crippen molar-refractivity contribution in [2.75, 3.05) is 38.6 Å². The normalized spacial score (nSPS) is 16.9. The Bertz CT molecular complexity index is 621. The van der Waals surface area contributed by atoms with E-state index in [0.29, 0.717) is 5.15 Å². The molecule has 0 radical (unpaired) electrons. The molecule has 0 atom stereocenters. The summed E-state index contributed by atoms with van der Waals surface area (Å²) in [6.45, 7) is 3.25. The van der Waals surface area contributed by atoms with Crippen molar-refractivity contribution in [1.82, 2.24) is 15.1 Å². The number of hydrogen-bond donors (Lipinski definition) is 0. The summed E-state index contributed by atoms with van der Waals surface area (Å²) in [5, 5.41) is 11.0. The molecule has 1 aromatic carbocycles. The van der Waals surface area contributed by atoms with Gasteiger partial charge in [-0.15, -0.1) is 10.2 Å². The van der Waals surface area contributed by atoms with Gasteiger partial charge in [-0.25, -0.2) is 0 Å². The van der Waals surface area contributed by atoms with Gasteiger partial charge in [-0.1, -0.05) is 35.9 Å². The number of aromatic nitrogens is 2. The molecule has 112 valence electrons. The van der Waals surface area contributed by atoms with E-state index in [2.05, 4.69) is 40.2 Å². The predicted octanol–water partition coefficient (Wildman–Crippen LogP) is 3.06. The van der Waals surface area contributed by atoms with E-state index in [1.54, 1.807) is 0 Å². The Balaban J connectivity index is 1.81. The molecule has 0 amide bonds. The van der Waals surface area contributed by atoms with Gasteiger partial charge >= 0.3 is 0 Å². The molecule has 2 heterocycles. The van der Waals surface area contributed by atoms with Gasteiger partial charge in [0.25, 0.3) is 0 Å². The first-order valence-electron chi connectivity index (χ1n) is 7.46. The number of nitrogens with zero attached hydrogens (tertiary/aromatic N) is 4. The van der Waals surface area contributed by atoms with E-state index in [4.69, 9.17) is 11.6 Å². The molecule has 21 heavy (non-hydrogen) atoms. The second-order valence-corrected chi connectivity index (χ2v) is 6.41. The van der Waals surface area contributed by atoms with Gasteiger partial charge in [0, 0.05) is 30.4 Å². The molecule has 1 aliphatic rings. The van der Waals surface area contributed by atoms with Gasteiger partial charge in [0.05, 0.1) is 0 Å². The fourth-order valence-electron chi connectivity index (χ4n) is 3.13. The molecule has 2 aromatic rings. The molecule has 0 spiro atoms. The maximum absolute atomic E-state index is 6.15. The summed E-state index contributed by atoms with van der Waals surface area (Å²) >= 11 is 6.15. The summed E-state index contributed by atoms with van der Waals surface area (Å²) in [5.74, 6) is 1.75. The number of rotatable bonds is 3. The van der Waals surface area contributed by atoms with Crippen LogP contribution in [0.5, 0.6) is 0 Å². The zero-order valence-corrected chi connectivity index (χ0v) is 13.3. The van der Waals surface area contributed by atoms with Crippen LogP contribution < -0.4 is 4.90 Å². The quantitative estimate of drug-likeness (QED) is 0.872. The van der Waals surface area contributed by atoms with Crippen LogP contribution in [0.2, 0.25) is 5.15 Å². The molecule has 0 saturated carbocycles. The number of piperidine rings is 1. The molecule has 0 aliphatic carbocycles. The number of hydrogen-bond acceptors (Lipinski definition) is 4. The van der Waals surface area contributed by atoms with Crippen molar-refractivity contribution >= 4 is 28.2 Å². The van der Waals surface area contributed by atoms with Crippen LogP contribution in [0.3, 0.4) is 0 Å². The first-order chi connectivity index (χ1) is 10.1. The van der Waals surface area contributed by atoms with E-state index >= 15 is 0 Å². The van der Waals surface area contributed by atoms with Crippen LogP contribution >= 0.6 is 11.6 Å². The van der Waals surface area contributed by atoms with Crippen molar-refractivity contribution in [3.8, 4) is 0 Å². The highest BCUT2D eigenvalue weighted by molar-refractivity contribution is 6.34. The highest BCUT2D eigenvalue weighted by Gasteiger charge is 2.22. The lowest BCUT2D eigenvalue weighted by Gasteiger charge is -2.34. The summed E-state index contributed by atoms with van der Waals surface area (Å²) in [5.41, 5.74) is 0. The molecule has 0 N–H and O–H groups in total. The minimum Gasteiger partial charge on any atom is -0.355 e. The number of halogens is 1. The standard InChI is InChI=1S/C16H21ClN4/c1-20(2)11-12-7-9-21(10-8-12)16-14-6-4-3-5-13(14)15(17)18-19-16/h3-6,12H,7-11H2,1-2H3. The number of benzene rings is 1. The summed E-state index contributed by atoms with van der Waals surface area (Å²) in [6, 6.07) is 8.11. The van der Waals surface area contributed by atoms with Crippen LogP contribution in [0.1, 0.15) is 12.8 Å². The largest absolute Gasteiger partial charge is 0.355 e. The molecule has 3 rings (SSSR count). The van der Waals surface area contributed by atoms with Crippen molar-refractivity contribution in [1.29, 1.82) is 0 Å². The van der Waals surface area contributed by atoms with E-state index < -0.39 is 0 Å². The second-order valence-electron chi connectivity index (χ2n) is 6.05. The van der Waals surface area contributed by atoms with Gasteiger partial charge in [-0.05, 0) is 32.9 Å². The fraction of sp³-hybridized carbons (Fsp3) is 0.500. The Morgan fingerprint density at radius 3 is 2.48 bits per heavy atom. The zero-order valence-electron chi connectivity index (χ0n) is 12.6. The molecule has 1 aromatic heterocycles. The third-order valence-corrected chi connectivity index (χ3v) is 4.44. The van der Waals surface area contributed by atoms with Crippen LogP contribution in [-0.2, 0) is 0 Å². The molecule has 0 bridgehead atoms. The van der Waals surface area contributed by atoms with Crippen LogP contribution in [0.4, 0.5) is 5.82 Å². The topological polar surface area (TPSA) is 32.3 Å². The van der Waals surface area contributed by atoms with E-state index in [0.717, 1.165) is 35.6 Å². The molecule has 1 aliphatic heterocycles. The summed E-state index contributed by atoms with van der Waals surface area (Å²) in [6.07, 6.45) is 2.41. The van der Waals surface area contributed by atoms with E-state index in [-0.39, 0.29) is 0 Å². The molecule has 1 saturated heterocycles. The molecular weight excluding hydrogens is 284 g/mol. The SMILES string of the molecule is CN(C)CC1CCN(c2nnc(Cl)c3ccccc23)CC1. The first-order valence-corrected chi connectivity index (χ1v) is 7.83. The summed E-state index contributed by atoms with van der Waals surface area (Å²) in [7, 11) is 4.29. The van der Waals surface area contributed by atoms with Gasteiger partial charge in [-0.3, -0.25) is 0 Å². The zero-order chi connectivity index (χ0) is 14.8. The third kappa shape index (κ3) is 3.11. The van der Waals surface area contributed by atoms with Crippen molar-refractivity contribution in [3.63, 3.8) is 0 Å². The maximum atomic E-state index is 6.15. The Labute approximate surface area is 130 Å². The van der Waals surface area contributed by atoms with Crippen molar-refractivity contribution in [3.05, 3.63) is 29.4 Å². The van der Waals surface area contributed by atoms with Gasteiger partial charge < -0.3 is 9.80 Å². The highest BCUT2D eigenvalue weighted by atomic mass is 35.5. The summed E-state index contributed by atoms with van der Waals surface area (Å²) < 4.78 is 0. The van der Waals surface area contributed by atoms with Crippen molar-refractivity contribution < 1.29 is 0 Å². The van der Waals surface area contributed by atoms with Crippen LogP contribution in [-0.4, -0.2) is 48.8 Å². The molecule has 0 unspecified atom stereocenters. The highest BCUT2D eigenvalue weighted by Crippen LogP contribution is 2.30. The number of fused-ring (bicyclic) bond motifs is 1. The molecule has 4 nitrogen and oxygen atoms in total. The molecule has 5 heteroatoms. The van der Waals surface area contributed by atoms with E-state index in [9.17, 15) is 0 Å². The Morgan fingerprint density at radius 1 is 1.14 bits per heavy atom. The van der Waals surface area contributed by atoms with Gasteiger partial charge in [0.1, 0.15) is 0 Å². The lowest BCUT2D eigenvalue weighted by atomic mass is 9.96. The minimum absolute atomic E-state index is 0.483. The first kappa shape index (κ1) is 14.5. The fourth-order valence-corrected chi connectivity index (χ4v) is 3.34. The van der Waals surface area contributed by atoms with E-state index in [1.165, 1.54) is 19.4 Å². The van der Waals surface area contributed by atoms with E-state index in [1.807, 2.05) is 18.2 Å². The van der Waals surface area contributed by atoms with Crippen LogP contribution in [0.15, 0.2) is 24.3 Å². The lowest BCUT2D eigenvalue weighted by Crippen LogP contribution is -2.37. The summed E-state index contributed by atoms with van der Waals surface area (Å²) in [4.78, 5) is 4.62. The van der Waals surface area contributed by atoms with Crippen molar-refractivity contribution in [2.45, 2.75) is 12.8 Å². The Hall–Kier alpha value is -1.39.